The summed E-state index contributed by atoms with van der Waals surface area (Å²) in [6, 6.07) is 0. The van der Waals surface area contributed by atoms with Crippen LogP contribution in [0.15, 0.2) is 0 Å². The number of rotatable bonds is 11. The normalized spacial score (nSPS) is 14.0. The lowest BCUT2D eigenvalue weighted by Gasteiger charge is -2.40. The molecule has 15 nitrogen and oxygen atoms in total. The standard InChI is InChI=1S/C5H8F2N4O11/c6-8(7)1-4(2-12,3-20-9(14)15)5(13,21-10(16)17)22-11(18)19/h12-13H,1-3H2. The quantitative estimate of drug-likeness (QED) is 0.187. The van der Waals surface area contributed by atoms with Crippen LogP contribution in [-0.2, 0) is 14.5 Å². The second kappa shape index (κ2) is 7.38. The van der Waals surface area contributed by atoms with Crippen molar-refractivity contribution >= 4 is 0 Å². The van der Waals surface area contributed by atoms with Gasteiger partial charge >= 0.3 is 5.97 Å². The molecular formula is C5H8F2N4O11. The van der Waals surface area contributed by atoms with E-state index in [1.165, 1.54) is 0 Å². The molecule has 0 aliphatic rings. The smallest absolute Gasteiger partial charge is 0.375 e. The topological polar surface area (TPSA) is 201 Å². The summed E-state index contributed by atoms with van der Waals surface area (Å²) in [5.74, 6) is -4.12. The highest BCUT2D eigenvalue weighted by atomic mass is 19.4. The minimum absolute atomic E-state index is 1.57. The van der Waals surface area contributed by atoms with E-state index in [9.17, 15) is 44.4 Å². The fourth-order valence-electron chi connectivity index (χ4n) is 1.25. The molecule has 0 radical (unpaired) electrons. The van der Waals surface area contributed by atoms with E-state index < -0.39 is 51.8 Å². The average Bonchev–Trinajstić information content (AvgIpc) is 2.31. The van der Waals surface area contributed by atoms with E-state index in [0.717, 1.165) is 0 Å². The minimum atomic E-state index is -4.12. The SMILES string of the molecule is O=[N+]([O-])OCC(CO)(CN(F)F)C(O)(O[N+](=O)[O-])O[N+](=O)[O-]. The van der Waals surface area contributed by atoms with Gasteiger partial charge in [-0.3, -0.25) is 0 Å². The first kappa shape index (κ1) is 19.3. The van der Waals surface area contributed by atoms with Crippen LogP contribution in [0.5, 0.6) is 0 Å². The van der Waals surface area contributed by atoms with Gasteiger partial charge in [0, 0.05) is 5.34 Å². The highest BCUT2D eigenvalue weighted by molar-refractivity contribution is 4.87. The van der Waals surface area contributed by atoms with Gasteiger partial charge in [0.25, 0.3) is 15.3 Å². The molecule has 0 aliphatic carbocycles. The molecule has 1 atom stereocenters. The lowest BCUT2D eigenvalue weighted by Crippen LogP contribution is -2.62. The second-order valence-corrected chi connectivity index (χ2v) is 3.61. The molecule has 2 N–H and O–H groups in total. The largest absolute Gasteiger partial charge is 0.395 e. The number of nitrogens with zero attached hydrogens (tertiary/aromatic N) is 4. The summed E-state index contributed by atoms with van der Waals surface area (Å²) in [6.07, 6.45) is 0. The third-order valence-corrected chi connectivity index (χ3v) is 2.24. The summed E-state index contributed by atoms with van der Waals surface area (Å²) in [6.45, 7) is -5.28. The first-order chi connectivity index (χ1) is 9.98. The Kier molecular flexibility index (Phi) is 6.49. The van der Waals surface area contributed by atoms with Crippen molar-refractivity contribution < 1.29 is 48.9 Å². The third-order valence-electron chi connectivity index (χ3n) is 2.24. The molecule has 0 aliphatic heterocycles. The van der Waals surface area contributed by atoms with Gasteiger partial charge in [0.1, 0.15) is 12.0 Å². The van der Waals surface area contributed by atoms with E-state index in [4.69, 9.17) is 5.11 Å². The molecule has 0 saturated carbocycles. The van der Waals surface area contributed by atoms with Crippen molar-refractivity contribution in [1.29, 1.82) is 0 Å². The number of aliphatic hydroxyl groups is 2. The zero-order chi connectivity index (χ0) is 17.6. The second-order valence-electron chi connectivity index (χ2n) is 3.61. The Morgan fingerprint density at radius 2 is 1.50 bits per heavy atom. The summed E-state index contributed by atoms with van der Waals surface area (Å²) < 4.78 is 24.8. The van der Waals surface area contributed by atoms with Gasteiger partial charge in [-0.25, -0.2) is 9.68 Å². The minimum Gasteiger partial charge on any atom is -0.395 e. The first-order valence-electron chi connectivity index (χ1n) is 4.84. The molecule has 0 rings (SSSR count). The highest BCUT2D eigenvalue weighted by Gasteiger charge is 2.60. The molecule has 0 amide bonds. The lowest BCUT2D eigenvalue weighted by atomic mass is 9.87. The van der Waals surface area contributed by atoms with Crippen LogP contribution in [0.2, 0.25) is 0 Å². The zero-order valence-electron chi connectivity index (χ0n) is 10.2. The molecule has 0 heterocycles. The monoisotopic (exact) mass is 338 g/mol. The molecule has 17 heteroatoms. The van der Waals surface area contributed by atoms with Crippen LogP contribution >= 0.6 is 0 Å². The van der Waals surface area contributed by atoms with Crippen molar-refractivity contribution in [3.8, 4) is 0 Å². The third kappa shape index (κ3) is 5.03. The summed E-state index contributed by atoms with van der Waals surface area (Å²) in [5.41, 5.74) is -3.19. The van der Waals surface area contributed by atoms with Crippen molar-refractivity contribution in [2.24, 2.45) is 5.41 Å². The van der Waals surface area contributed by atoms with Gasteiger partial charge in [-0.15, -0.1) is 39.3 Å². The fraction of sp³-hybridized carbons (Fsp3) is 1.00. The number of hydrogen-bond acceptors (Lipinski definition) is 12. The molecule has 0 aromatic rings. The van der Waals surface area contributed by atoms with Gasteiger partial charge in [-0.2, -0.15) is 0 Å². The van der Waals surface area contributed by atoms with Crippen molar-refractivity contribution in [2.45, 2.75) is 5.97 Å². The maximum Gasteiger partial charge on any atom is 0.375 e. The van der Waals surface area contributed by atoms with Crippen molar-refractivity contribution in [3.05, 3.63) is 30.3 Å². The average molecular weight is 338 g/mol. The predicted molar refractivity (Wildman–Crippen MR) is 52.5 cm³/mol. The molecule has 0 saturated heterocycles. The molecule has 0 fully saturated rings. The van der Waals surface area contributed by atoms with Crippen LogP contribution < -0.4 is 0 Å². The number of hydrogen-bond donors (Lipinski definition) is 2. The summed E-state index contributed by atoms with van der Waals surface area (Å²) >= 11 is 0. The van der Waals surface area contributed by atoms with Crippen molar-refractivity contribution in [1.82, 2.24) is 5.34 Å². The van der Waals surface area contributed by atoms with E-state index in [1.807, 2.05) is 0 Å². The van der Waals surface area contributed by atoms with E-state index in [2.05, 4.69) is 14.5 Å². The number of halogens is 2. The van der Waals surface area contributed by atoms with Crippen LogP contribution in [0.4, 0.5) is 8.96 Å². The van der Waals surface area contributed by atoms with Crippen LogP contribution in [0.1, 0.15) is 0 Å². The molecule has 0 spiro atoms. The van der Waals surface area contributed by atoms with Gasteiger partial charge < -0.3 is 15.1 Å². The first-order valence-corrected chi connectivity index (χ1v) is 4.84. The predicted octanol–water partition coefficient (Wildman–Crippen LogP) is -1.69. The van der Waals surface area contributed by atoms with Gasteiger partial charge in [0.05, 0.1) is 13.2 Å². The Balaban J connectivity index is 5.81. The van der Waals surface area contributed by atoms with Crippen LogP contribution in [0, 0.1) is 35.8 Å². The highest BCUT2D eigenvalue weighted by Crippen LogP contribution is 2.36. The van der Waals surface area contributed by atoms with Crippen molar-refractivity contribution in [2.75, 3.05) is 19.8 Å². The summed E-state index contributed by atoms with van der Waals surface area (Å²) in [5, 5.41) is 42.2. The van der Waals surface area contributed by atoms with Crippen LogP contribution in [0.25, 0.3) is 0 Å². The van der Waals surface area contributed by atoms with Crippen molar-refractivity contribution in [3.63, 3.8) is 0 Å². The van der Waals surface area contributed by atoms with Gasteiger partial charge in [-0.05, 0) is 0 Å². The maximum absolute atomic E-state index is 12.4. The summed E-state index contributed by atoms with van der Waals surface area (Å²) in [4.78, 5) is 41.1. The molecule has 22 heavy (non-hydrogen) atoms. The molecule has 1 unspecified atom stereocenters. The van der Waals surface area contributed by atoms with Crippen LogP contribution in [0.3, 0.4) is 0 Å². The molecule has 128 valence electrons. The van der Waals surface area contributed by atoms with Gasteiger partial charge in [0.2, 0.25) is 0 Å². The maximum atomic E-state index is 12.4. The summed E-state index contributed by atoms with van der Waals surface area (Å²) in [7, 11) is 0. The Morgan fingerprint density at radius 3 is 1.77 bits per heavy atom. The van der Waals surface area contributed by atoms with Gasteiger partial charge in [0.15, 0.2) is 0 Å². The fourth-order valence-corrected chi connectivity index (χ4v) is 1.25. The van der Waals surface area contributed by atoms with Crippen LogP contribution in [-0.4, -0.2) is 56.5 Å². The zero-order valence-corrected chi connectivity index (χ0v) is 10.2. The Morgan fingerprint density at radius 1 is 1.05 bits per heavy atom. The van der Waals surface area contributed by atoms with Gasteiger partial charge in [-0.1, -0.05) is 0 Å². The number of aliphatic hydroxyl groups excluding tert-OH is 1. The molecular weight excluding hydrogens is 330 g/mol. The lowest BCUT2D eigenvalue weighted by molar-refractivity contribution is -0.905. The van der Waals surface area contributed by atoms with E-state index in [-0.39, 0.29) is 0 Å². The van der Waals surface area contributed by atoms with E-state index in [0.29, 0.717) is 0 Å². The Bertz CT molecular complexity index is 419. The molecule has 0 bridgehead atoms. The van der Waals surface area contributed by atoms with E-state index >= 15 is 0 Å². The Labute approximate surface area is 117 Å². The molecule has 0 aromatic carbocycles. The molecule has 0 aromatic heterocycles. The Hall–Kier alpha value is -2.66. The van der Waals surface area contributed by atoms with E-state index in [1.54, 1.807) is 0 Å².